The molecule has 3 heterocycles. The minimum Gasteiger partial charge on any atom is -0.486 e. The number of benzene rings is 1. The van der Waals surface area contributed by atoms with Crippen molar-refractivity contribution < 1.29 is 18.3 Å². The molecule has 1 aliphatic heterocycles. The van der Waals surface area contributed by atoms with Crippen LogP contribution in [-0.4, -0.2) is 39.8 Å². The lowest BCUT2D eigenvalue weighted by atomic mass is 10.1. The lowest BCUT2D eigenvalue weighted by molar-refractivity contribution is -0.140. The molecule has 144 valence electrons. The second-order valence-corrected chi connectivity index (χ2v) is 6.69. The SMILES string of the molecule is Cc1cc(OC2CN(C(=O)Cn3cc(-c4ccc(F)cc4)cn3)C2)cc(=O)o1. The van der Waals surface area contributed by atoms with Crippen LogP contribution in [0.1, 0.15) is 5.76 Å². The van der Waals surface area contributed by atoms with Gasteiger partial charge in [0.1, 0.15) is 30.0 Å². The van der Waals surface area contributed by atoms with Gasteiger partial charge in [-0.3, -0.25) is 9.48 Å². The molecule has 28 heavy (non-hydrogen) atoms. The van der Waals surface area contributed by atoms with Gasteiger partial charge in [0, 0.05) is 17.8 Å². The van der Waals surface area contributed by atoms with E-state index in [0.717, 1.165) is 11.1 Å². The Morgan fingerprint density at radius 2 is 2.00 bits per heavy atom. The molecule has 0 N–H and O–H groups in total. The van der Waals surface area contributed by atoms with Crippen molar-refractivity contribution in [3.63, 3.8) is 0 Å². The number of halogens is 1. The average molecular weight is 383 g/mol. The van der Waals surface area contributed by atoms with Crippen molar-refractivity contribution in [2.45, 2.75) is 19.6 Å². The Bertz CT molecular complexity index is 1050. The molecule has 0 spiro atoms. The van der Waals surface area contributed by atoms with Crippen LogP contribution >= 0.6 is 0 Å². The quantitative estimate of drug-likeness (QED) is 0.675. The van der Waals surface area contributed by atoms with Crippen LogP contribution < -0.4 is 10.4 Å². The van der Waals surface area contributed by atoms with E-state index in [1.165, 1.54) is 18.2 Å². The van der Waals surface area contributed by atoms with Gasteiger partial charge in [-0.1, -0.05) is 12.1 Å². The molecule has 0 atom stereocenters. The van der Waals surface area contributed by atoms with E-state index in [-0.39, 0.29) is 24.4 Å². The first-order valence-electron chi connectivity index (χ1n) is 8.81. The van der Waals surface area contributed by atoms with E-state index in [1.54, 1.807) is 47.1 Å². The molecular formula is C20H18FN3O4. The zero-order valence-corrected chi connectivity index (χ0v) is 15.2. The number of hydrogen-bond acceptors (Lipinski definition) is 5. The summed E-state index contributed by atoms with van der Waals surface area (Å²) < 4.78 is 25.2. The van der Waals surface area contributed by atoms with Crippen molar-refractivity contribution >= 4 is 5.91 Å². The van der Waals surface area contributed by atoms with Gasteiger partial charge in [0.05, 0.1) is 25.4 Å². The van der Waals surface area contributed by atoms with E-state index in [0.29, 0.717) is 24.6 Å². The minimum absolute atomic E-state index is 0.0719. The van der Waals surface area contributed by atoms with E-state index in [2.05, 4.69) is 5.10 Å². The largest absolute Gasteiger partial charge is 0.486 e. The fourth-order valence-corrected chi connectivity index (χ4v) is 3.03. The van der Waals surface area contributed by atoms with Crippen LogP contribution in [-0.2, 0) is 11.3 Å². The van der Waals surface area contributed by atoms with Crippen LogP contribution in [0.5, 0.6) is 5.75 Å². The van der Waals surface area contributed by atoms with E-state index in [1.807, 2.05) is 0 Å². The predicted molar refractivity (Wildman–Crippen MR) is 98.3 cm³/mol. The Balaban J connectivity index is 1.31. The summed E-state index contributed by atoms with van der Waals surface area (Å²) in [4.78, 5) is 25.4. The van der Waals surface area contributed by atoms with Crippen molar-refractivity contribution in [3.05, 3.63) is 70.8 Å². The highest BCUT2D eigenvalue weighted by atomic mass is 19.1. The van der Waals surface area contributed by atoms with E-state index in [4.69, 9.17) is 9.15 Å². The number of carbonyl (C=O) groups excluding carboxylic acids is 1. The Hall–Kier alpha value is -3.42. The molecular weight excluding hydrogens is 365 g/mol. The molecule has 0 unspecified atom stereocenters. The van der Waals surface area contributed by atoms with E-state index >= 15 is 0 Å². The molecule has 3 aromatic rings. The predicted octanol–water partition coefficient (Wildman–Crippen LogP) is 2.24. The van der Waals surface area contributed by atoms with Gasteiger partial charge >= 0.3 is 5.63 Å². The second kappa shape index (κ2) is 7.30. The van der Waals surface area contributed by atoms with Crippen molar-refractivity contribution in [1.82, 2.24) is 14.7 Å². The maximum atomic E-state index is 13.0. The third-order valence-electron chi connectivity index (χ3n) is 4.48. The standard InChI is InChI=1S/C20H18FN3O4/c1-13-6-17(7-20(26)27-13)28-18-10-23(11-18)19(25)12-24-9-15(8-22-24)14-2-4-16(21)5-3-14/h2-9,18H,10-12H2,1H3. The number of aromatic nitrogens is 2. The van der Waals surface area contributed by atoms with Gasteiger partial charge in [-0.15, -0.1) is 0 Å². The van der Waals surface area contributed by atoms with Crippen molar-refractivity contribution in [2.75, 3.05) is 13.1 Å². The van der Waals surface area contributed by atoms with Gasteiger partial charge < -0.3 is 14.1 Å². The number of rotatable bonds is 5. The molecule has 2 aromatic heterocycles. The zero-order chi connectivity index (χ0) is 19.7. The van der Waals surface area contributed by atoms with Crippen molar-refractivity contribution in [2.24, 2.45) is 0 Å². The second-order valence-electron chi connectivity index (χ2n) is 6.69. The van der Waals surface area contributed by atoms with Crippen molar-refractivity contribution in [3.8, 4) is 16.9 Å². The van der Waals surface area contributed by atoms with Crippen LogP contribution in [0, 0.1) is 12.7 Å². The van der Waals surface area contributed by atoms with Gasteiger partial charge in [0.15, 0.2) is 0 Å². The summed E-state index contributed by atoms with van der Waals surface area (Å²) in [5, 5.41) is 4.20. The first-order valence-corrected chi connectivity index (χ1v) is 8.81. The van der Waals surface area contributed by atoms with Gasteiger partial charge in [-0.2, -0.15) is 5.10 Å². The van der Waals surface area contributed by atoms with Crippen LogP contribution in [0.15, 0.2) is 58.0 Å². The number of nitrogens with zero attached hydrogens (tertiary/aromatic N) is 3. The van der Waals surface area contributed by atoms with Gasteiger partial charge in [-0.05, 0) is 24.6 Å². The molecule has 1 saturated heterocycles. The van der Waals surface area contributed by atoms with Crippen molar-refractivity contribution in [1.29, 1.82) is 0 Å². The van der Waals surface area contributed by atoms with Crippen LogP contribution in [0.3, 0.4) is 0 Å². The van der Waals surface area contributed by atoms with Gasteiger partial charge in [0.25, 0.3) is 0 Å². The molecule has 4 rings (SSSR count). The highest BCUT2D eigenvalue weighted by molar-refractivity contribution is 5.77. The molecule has 1 aromatic carbocycles. The third-order valence-corrected chi connectivity index (χ3v) is 4.48. The molecule has 1 amide bonds. The monoisotopic (exact) mass is 383 g/mol. The minimum atomic E-state index is -0.460. The molecule has 1 fully saturated rings. The summed E-state index contributed by atoms with van der Waals surface area (Å²) in [5.74, 6) is 0.553. The Morgan fingerprint density at radius 3 is 2.71 bits per heavy atom. The summed E-state index contributed by atoms with van der Waals surface area (Å²) in [6.07, 6.45) is 3.24. The maximum Gasteiger partial charge on any atom is 0.339 e. The fraction of sp³-hybridized carbons (Fsp3) is 0.250. The topological polar surface area (TPSA) is 77.6 Å². The maximum absolute atomic E-state index is 13.0. The first-order chi connectivity index (χ1) is 13.5. The van der Waals surface area contributed by atoms with Crippen LogP contribution in [0.2, 0.25) is 0 Å². The van der Waals surface area contributed by atoms with Crippen LogP contribution in [0.25, 0.3) is 11.1 Å². The first kappa shape index (κ1) is 18.0. The summed E-state index contributed by atoms with van der Waals surface area (Å²) in [6, 6.07) is 9.04. The number of carbonyl (C=O) groups is 1. The third kappa shape index (κ3) is 3.95. The lowest BCUT2D eigenvalue weighted by Gasteiger charge is -2.38. The number of ether oxygens (including phenoxy) is 1. The fourth-order valence-electron chi connectivity index (χ4n) is 3.03. The number of likely N-dealkylation sites (tertiary alicyclic amines) is 1. The number of hydrogen-bond donors (Lipinski definition) is 0. The average Bonchev–Trinajstić information content (AvgIpc) is 3.06. The molecule has 0 saturated carbocycles. The highest BCUT2D eigenvalue weighted by Gasteiger charge is 2.32. The number of aryl methyl sites for hydroxylation is 1. The zero-order valence-electron chi connectivity index (χ0n) is 15.2. The number of amides is 1. The van der Waals surface area contributed by atoms with E-state index < -0.39 is 5.63 Å². The molecule has 0 aliphatic carbocycles. The van der Waals surface area contributed by atoms with E-state index in [9.17, 15) is 14.0 Å². The van der Waals surface area contributed by atoms with Gasteiger partial charge in [0.2, 0.25) is 5.91 Å². The Morgan fingerprint density at radius 1 is 1.25 bits per heavy atom. The molecule has 8 heteroatoms. The van der Waals surface area contributed by atoms with Crippen LogP contribution in [0.4, 0.5) is 4.39 Å². The molecule has 0 bridgehead atoms. The molecule has 7 nitrogen and oxygen atoms in total. The summed E-state index contributed by atoms with van der Waals surface area (Å²) in [5.41, 5.74) is 1.19. The summed E-state index contributed by atoms with van der Waals surface area (Å²) in [7, 11) is 0. The highest BCUT2D eigenvalue weighted by Crippen LogP contribution is 2.20. The summed E-state index contributed by atoms with van der Waals surface area (Å²) in [6.45, 7) is 2.69. The Kier molecular flexibility index (Phi) is 4.68. The Labute approximate surface area is 160 Å². The normalized spacial score (nSPS) is 14.0. The molecule has 0 radical (unpaired) electrons. The van der Waals surface area contributed by atoms with Gasteiger partial charge in [-0.25, -0.2) is 9.18 Å². The smallest absolute Gasteiger partial charge is 0.339 e. The lowest BCUT2D eigenvalue weighted by Crippen LogP contribution is -2.57. The molecule has 1 aliphatic rings. The summed E-state index contributed by atoms with van der Waals surface area (Å²) >= 11 is 0.